The summed E-state index contributed by atoms with van der Waals surface area (Å²) in [6.45, 7) is 1.61. The lowest BCUT2D eigenvalue weighted by atomic mass is 10.1. The smallest absolute Gasteiger partial charge is 0.275 e. The van der Waals surface area contributed by atoms with E-state index in [1.54, 1.807) is 31.2 Å². The Hall–Kier alpha value is -3.09. The summed E-state index contributed by atoms with van der Waals surface area (Å²) in [6.07, 6.45) is -0.0375. The number of nitrogens with one attached hydrogen (secondary N) is 2. The first-order valence-corrected chi connectivity index (χ1v) is 9.39. The number of carbonyl (C=O) groups is 2. The van der Waals surface area contributed by atoms with Crippen molar-refractivity contribution in [3.8, 4) is 5.75 Å². The third-order valence-corrected chi connectivity index (χ3v) is 4.82. The average Bonchev–Trinajstić information content (AvgIpc) is 2.68. The van der Waals surface area contributed by atoms with Crippen molar-refractivity contribution < 1.29 is 14.7 Å². The molecule has 8 heteroatoms. The monoisotopic (exact) mass is 429 g/mol. The molecule has 0 radical (unpaired) electrons. The van der Waals surface area contributed by atoms with Gasteiger partial charge in [0.15, 0.2) is 0 Å². The van der Waals surface area contributed by atoms with Gasteiger partial charge in [0.2, 0.25) is 5.91 Å². The number of amides is 2. The first-order valence-electron chi connectivity index (χ1n) is 8.63. The lowest BCUT2D eigenvalue weighted by molar-refractivity contribution is -0.115. The summed E-state index contributed by atoms with van der Waals surface area (Å²) in [5.41, 5.74) is 3.35. The highest BCUT2D eigenvalue weighted by atomic mass is 35.5. The largest absolute Gasteiger partial charge is 0.507 e. The molecule has 3 N–H and O–H groups in total. The fraction of sp³-hybridized carbons (Fsp3) is 0.0952. The van der Waals surface area contributed by atoms with Crippen LogP contribution in [0.1, 0.15) is 23.7 Å². The number of benzene rings is 3. The molecule has 0 aliphatic heterocycles. The summed E-state index contributed by atoms with van der Waals surface area (Å²) >= 11 is 11.8. The molecule has 2 amide bonds. The predicted molar refractivity (Wildman–Crippen MR) is 116 cm³/mol. The fourth-order valence-electron chi connectivity index (χ4n) is 2.67. The molecular weight excluding hydrogens is 413 g/mol. The Bertz CT molecular complexity index is 1130. The fourth-order valence-corrected chi connectivity index (χ4v) is 2.97. The molecular formula is C21H17Cl2N3O3. The number of hydrogen-bond donors (Lipinski definition) is 3. The van der Waals surface area contributed by atoms with Gasteiger partial charge in [-0.25, -0.2) is 5.43 Å². The highest BCUT2D eigenvalue weighted by Gasteiger charge is 2.13. The number of rotatable bonds is 5. The minimum atomic E-state index is -0.572. The van der Waals surface area contributed by atoms with Gasteiger partial charge in [0.25, 0.3) is 5.91 Å². The normalized spacial score (nSPS) is 11.3. The molecule has 0 atom stereocenters. The summed E-state index contributed by atoms with van der Waals surface area (Å²) in [4.78, 5) is 24.5. The van der Waals surface area contributed by atoms with Crippen LogP contribution in [0.15, 0.2) is 59.7 Å². The number of fused-ring (bicyclic) bond motifs is 1. The summed E-state index contributed by atoms with van der Waals surface area (Å²) in [5.74, 6) is -1.05. The molecule has 0 bridgehead atoms. The van der Waals surface area contributed by atoms with Gasteiger partial charge in [0.1, 0.15) is 5.75 Å². The second kappa shape index (κ2) is 8.94. The number of phenolic OH excluding ortho intramolecular Hbond substituents is 1. The Morgan fingerprint density at radius 2 is 1.69 bits per heavy atom. The van der Waals surface area contributed by atoms with Crippen LogP contribution in [0.4, 0.5) is 5.69 Å². The van der Waals surface area contributed by atoms with Crippen LogP contribution < -0.4 is 10.7 Å². The highest BCUT2D eigenvalue weighted by molar-refractivity contribution is 6.42. The maximum Gasteiger partial charge on any atom is 0.275 e. The lowest BCUT2D eigenvalue weighted by Gasteiger charge is -2.08. The second-order valence-electron chi connectivity index (χ2n) is 6.36. The molecule has 29 heavy (non-hydrogen) atoms. The second-order valence-corrected chi connectivity index (χ2v) is 7.17. The molecule has 0 saturated heterocycles. The third-order valence-electron chi connectivity index (χ3n) is 4.08. The van der Waals surface area contributed by atoms with Gasteiger partial charge in [-0.15, -0.1) is 0 Å². The quantitative estimate of drug-likeness (QED) is 0.394. The number of hydrazone groups is 1. The van der Waals surface area contributed by atoms with Crippen molar-refractivity contribution in [1.82, 2.24) is 5.43 Å². The van der Waals surface area contributed by atoms with Gasteiger partial charge < -0.3 is 10.4 Å². The van der Waals surface area contributed by atoms with Crippen molar-refractivity contribution in [2.75, 3.05) is 5.32 Å². The minimum absolute atomic E-state index is 0.0375. The number of carbonyl (C=O) groups excluding carboxylic acids is 2. The Morgan fingerprint density at radius 1 is 1.00 bits per heavy atom. The number of nitrogens with zero attached hydrogens (tertiary/aromatic N) is 1. The van der Waals surface area contributed by atoms with Crippen LogP contribution in [0.5, 0.6) is 5.75 Å². The minimum Gasteiger partial charge on any atom is -0.507 e. The molecule has 6 nitrogen and oxygen atoms in total. The molecule has 0 aliphatic carbocycles. The first-order chi connectivity index (χ1) is 13.8. The van der Waals surface area contributed by atoms with E-state index in [0.29, 0.717) is 21.4 Å². The zero-order valence-corrected chi connectivity index (χ0v) is 16.9. The van der Waals surface area contributed by atoms with E-state index in [1.165, 1.54) is 6.07 Å². The van der Waals surface area contributed by atoms with Gasteiger partial charge in [-0.2, -0.15) is 5.10 Å². The van der Waals surface area contributed by atoms with E-state index in [2.05, 4.69) is 15.8 Å². The van der Waals surface area contributed by atoms with Crippen LogP contribution in [0, 0.1) is 0 Å². The summed E-state index contributed by atoms with van der Waals surface area (Å²) in [6, 6.07) is 15.2. The standard InChI is InChI=1S/C21H17Cl2N3O3/c1-12(8-20(28)24-15-6-7-17(22)18(23)11-15)25-26-21(29)16-9-13-4-2-3-5-14(13)10-19(16)27/h2-7,9-11,27H,8H2,1H3,(H,24,28)(H,26,29)/b25-12+. The zero-order chi connectivity index (χ0) is 21.0. The number of anilines is 1. The van der Waals surface area contributed by atoms with Gasteiger partial charge in [0, 0.05) is 11.4 Å². The van der Waals surface area contributed by atoms with Crippen LogP contribution in [0.3, 0.4) is 0 Å². The zero-order valence-electron chi connectivity index (χ0n) is 15.4. The topological polar surface area (TPSA) is 90.8 Å². The van der Waals surface area contributed by atoms with Crippen molar-refractivity contribution in [2.24, 2.45) is 5.10 Å². The van der Waals surface area contributed by atoms with Gasteiger partial charge in [0.05, 0.1) is 22.0 Å². The van der Waals surface area contributed by atoms with E-state index in [1.807, 2.05) is 24.3 Å². The Morgan fingerprint density at radius 3 is 2.38 bits per heavy atom. The molecule has 0 unspecified atom stereocenters. The van der Waals surface area contributed by atoms with Crippen LogP contribution in [0.25, 0.3) is 10.8 Å². The van der Waals surface area contributed by atoms with E-state index < -0.39 is 5.91 Å². The predicted octanol–water partition coefficient (Wildman–Crippen LogP) is 4.99. The SMILES string of the molecule is C/C(CC(=O)Nc1ccc(Cl)c(Cl)c1)=N\NC(=O)c1cc2ccccc2cc1O. The summed E-state index contributed by atoms with van der Waals surface area (Å²) in [5, 5.41) is 19.1. The summed E-state index contributed by atoms with van der Waals surface area (Å²) in [7, 11) is 0. The number of aromatic hydroxyl groups is 1. The van der Waals surface area contributed by atoms with E-state index in [4.69, 9.17) is 23.2 Å². The Kier molecular flexibility index (Phi) is 6.36. The van der Waals surface area contributed by atoms with Crippen molar-refractivity contribution in [1.29, 1.82) is 0 Å². The number of phenols is 1. The first kappa shape index (κ1) is 20.6. The Labute approximate surface area is 177 Å². The van der Waals surface area contributed by atoms with Crippen molar-refractivity contribution in [3.63, 3.8) is 0 Å². The molecule has 0 aliphatic rings. The molecule has 0 heterocycles. The van der Waals surface area contributed by atoms with Gasteiger partial charge >= 0.3 is 0 Å². The maximum absolute atomic E-state index is 12.4. The Balaban J connectivity index is 1.63. The molecule has 0 spiro atoms. The van der Waals surface area contributed by atoms with Gasteiger partial charge in [-0.05, 0) is 48.0 Å². The molecule has 148 valence electrons. The van der Waals surface area contributed by atoms with E-state index in [9.17, 15) is 14.7 Å². The number of hydrogen-bond acceptors (Lipinski definition) is 4. The van der Waals surface area contributed by atoms with Crippen LogP contribution in [-0.2, 0) is 4.79 Å². The molecule has 0 saturated carbocycles. The average molecular weight is 430 g/mol. The van der Waals surface area contributed by atoms with E-state index >= 15 is 0 Å². The maximum atomic E-state index is 12.4. The van der Waals surface area contributed by atoms with E-state index in [0.717, 1.165) is 10.8 Å². The van der Waals surface area contributed by atoms with Crippen LogP contribution >= 0.6 is 23.2 Å². The van der Waals surface area contributed by atoms with Gasteiger partial charge in [-0.1, -0.05) is 47.5 Å². The highest BCUT2D eigenvalue weighted by Crippen LogP contribution is 2.26. The third kappa shape index (κ3) is 5.25. The molecule has 0 fully saturated rings. The van der Waals surface area contributed by atoms with Crippen LogP contribution in [0.2, 0.25) is 10.0 Å². The molecule has 0 aromatic heterocycles. The molecule has 3 rings (SSSR count). The molecule has 3 aromatic rings. The van der Waals surface area contributed by atoms with Gasteiger partial charge in [-0.3, -0.25) is 9.59 Å². The van der Waals surface area contributed by atoms with Crippen molar-refractivity contribution >= 4 is 57.2 Å². The van der Waals surface area contributed by atoms with Crippen molar-refractivity contribution in [3.05, 3.63) is 70.2 Å². The van der Waals surface area contributed by atoms with Crippen LogP contribution in [-0.4, -0.2) is 22.6 Å². The number of halogens is 2. The van der Waals surface area contributed by atoms with E-state index in [-0.39, 0.29) is 23.6 Å². The summed E-state index contributed by atoms with van der Waals surface area (Å²) < 4.78 is 0. The van der Waals surface area contributed by atoms with Crippen molar-refractivity contribution in [2.45, 2.75) is 13.3 Å². The lowest BCUT2D eigenvalue weighted by Crippen LogP contribution is -2.21. The molecule has 3 aromatic carbocycles.